The molecule has 0 spiro atoms. The molecule has 0 N–H and O–H groups in total. The van der Waals surface area contributed by atoms with Crippen LogP contribution in [0.25, 0.3) is 22.4 Å². The van der Waals surface area contributed by atoms with Crippen LogP contribution in [0.15, 0.2) is 66.7 Å². The molecule has 2 heteroatoms. The lowest BCUT2D eigenvalue weighted by Gasteiger charge is -2.55. The molecule has 1 atom stereocenters. The predicted octanol–water partition coefficient (Wildman–Crippen LogP) is 7.42. The van der Waals surface area contributed by atoms with Gasteiger partial charge in [0.05, 0.1) is 6.10 Å². The Morgan fingerprint density at radius 2 is 1.39 bits per heavy atom. The lowest BCUT2D eigenvalue weighted by molar-refractivity contribution is 0.0154. The predicted molar refractivity (Wildman–Crippen MR) is 147 cm³/mol. The molecule has 0 fully saturated rings. The van der Waals surface area contributed by atoms with E-state index >= 15 is 0 Å². The number of benzene rings is 3. The van der Waals surface area contributed by atoms with Crippen LogP contribution >= 0.6 is 7.92 Å². The lowest BCUT2D eigenvalue weighted by atomic mass is 9.87. The van der Waals surface area contributed by atoms with Crippen molar-refractivity contribution in [2.24, 2.45) is 0 Å². The Kier molecular flexibility index (Phi) is 6.36. The highest BCUT2D eigenvalue weighted by Gasteiger charge is 2.54. The number of hydrogen-bond acceptors (Lipinski definition) is 1. The number of ether oxygens (including phenoxy) is 1. The molecule has 1 aliphatic carbocycles. The van der Waals surface area contributed by atoms with Crippen LogP contribution in [0.4, 0.5) is 0 Å². The first-order valence-electron chi connectivity index (χ1n) is 12.2. The van der Waals surface area contributed by atoms with Crippen molar-refractivity contribution in [1.29, 1.82) is 0 Å². The monoisotopic (exact) mass is 458 g/mol. The topological polar surface area (TPSA) is 9.23 Å². The van der Waals surface area contributed by atoms with Gasteiger partial charge in [0.1, 0.15) is 5.34 Å². The molecule has 3 aromatic rings. The van der Waals surface area contributed by atoms with Gasteiger partial charge in [-0.3, -0.25) is 0 Å². The van der Waals surface area contributed by atoms with Crippen LogP contribution < -0.4 is 10.4 Å². The summed E-state index contributed by atoms with van der Waals surface area (Å²) in [7, 11) is -0.611. The second-order valence-corrected chi connectivity index (χ2v) is 15.6. The normalized spacial score (nSPS) is 19.2. The minimum atomic E-state index is -0.611. The van der Waals surface area contributed by atoms with Crippen LogP contribution in [-0.4, -0.2) is 21.8 Å². The van der Waals surface area contributed by atoms with Crippen molar-refractivity contribution < 1.29 is 4.74 Å². The first kappa shape index (κ1) is 24.2. The van der Waals surface area contributed by atoms with Crippen molar-refractivity contribution in [1.82, 2.24) is 0 Å². The molecule has 0 aromatic heterocycles. The van der Waals surface area contributed by atoms with Crippen molar-refractivity contribution in [2.75, 3.05) is 0 Å². The quantitative estimate of drug-likeness (QED) is 0.370. The Hall–Kier alpha value is -1.95. The van der Waals surface area contributed by atoms with E-state index in [1.807, 2.05) is 0 Å². The minimum absolute atomic E-state index is 0.110. The molecule has 0 saturated carbocycles. The Labute approximate surface area is 201 Å². The van der Waals surface area contributed by atoms with Gasteiger partial charge in [-0.1, -0.05) is 122 Å². The van der Waals surface area contributed by atoms with Crippen LogP contribution in [0.3, 0.4) is 0 Å². The van der Waals surface area contributed by atoms with E-state index in [0.717, 1.165) is 6.42 Å². The zero-order valence-electron chi connectivity index (χ0n) is 21.6. The van der Waals surface area contributed by atoms with E-state index in [9.17, 15) is 0 Å². The molecule has 0 aliphatic heterocycles. The smallest absolute Gasteiger partial charge is 0.118 e. The molecule has 1 aliphatic rings. The molecule has 0 bridgehead atoms. The summed E-state index contributed by atoms with van der Waals surface area (Å²) < 4.78 is 7.23. The maximum absolute atomic E-state index is 7.23. The summed E-state index contributed by atoms with van der Waals surface area (Å²) in [4.78, 5) is 0. The zero-order valence-corrected chi connectivity index (χ0v) is 22.5. The van der Waals surface area contributed by atoms with E-state index in [-0.39, 0.29) is 21.8 Å². The highest BCUT2D eigenvalue weighted by Crippen LogP contribution is 2.72. The largest absolute Gasteiger partial charge is 0.363 e. The number of hydrogen-bond donors (Lipinski definition) is 0. The van der Waals surface area contributed by atoms with E-state index < -0.39 is 7.92 Å². The summed E-state index contributed by atoms with van der Waals surface area (Å²) in [6, 6.07) is 24.4. The maximum Gasteiger partial charge on any atom is 0.118 e. The fourth-order valence-corrected chi connectivity index (χ4v) is 11.3. The number of fused-ring (bicyclic) bond motifs is 2. The first-order chi connectivity index (χ1) is 15.4. The second-order valence-electron chi connectivity index (χ2n) is 11.5. The van der Waals surface area contributed by atoms with Gasteiger partial charge in [-0.05, 0) is 50.9 Å². The third-order valence-corrected chi connectivity index (χ3v) is 10.3. The van der Waals surface area contributed by atoms with Gasteiger partial charge in [0.2, 0.25) is 0 Å². The van der Waals surface area contributed by atoms with Crippen LogP contribution in [0.5, 0.6) is 0 Å². The van der Waals surface area contributed by atoms with Crippen LogP contribution in [0.1, 0.15) is 67.4 Å². The summed E-state index contributed by atoms with van der Waals surface area (Å²) in [6.45, 7) is 18.9. The van der Waals surface area contributed by atoms with Crippen molar-refractivity contribution in [2.45, 2.75) is 83.6 Å². The summed E-state index contributed by atoms with van der Waals surface area (Å²) in [5, 5.41) is 5.07. The SMILES string of the molecule is CC(C)OC1(P(C(C)(C)C)C(C)(C)C)CC=c2ccccc2=C1c1cccc2ccccc12. The molecule has 0 heterocycles. The van der Waals surface area contributed by atoms with Gasteiger partial charge in [-0.2, -0.15) is 0 Å². The molecule has 0 radical (unpaired) electrons. The molecule has 174 valence electrons. The molecular weight excluding hydrogens is 419 g/mol. The summed E-state index contributed by atoms with van der Waals surface area (Å²) in [5.74, 6) is 0. The van der Waals surface area contributed by atoms with Gasteiger partial charge in [0, 0.05) is 12.0 Å². The Balaban J connectivity index is 2.21. The molecular formula is C31H39OP. The van der Waals surface area contributed by atoms with Crippen molar-refractivity contribution in [3.05, 3.63) is 82.7 Å². The van der Waals surface area contributed by atoms with E-state index in [0.29, 0.717) is 0 Å². The minimum Gasteiger partial charge on any atom is -0.363 e. The summed E-state index contributed by atoms with van der Waals surface area (Å²) >= 11 is 0. The fraction of sp³-hybridized carbons (Fsp3) is 0.419. The average molecular weight is 459 g/mol. The number of rotatable bonds is 4. The van der Waals surface area contributed by atoms with Crippen molar-refractivity contribution in [3.8, 4) is 0 Å². The maximum atomic E-state index is 7.23. The average Bonchev–Trinajstić information content (AvgIpc) is 2.71. The molecule has 0 saturated heterocycles. The lowest BCUT2D eigenvalue weighted by Crippen LogP contribution is -2.50. The molecule has 4 rings (SSSR count). The molecule has 1 unspecified atom stereocenters. The van der Waals surface area contributed by atoms with Gasteiger partial charge in [0.25, 0.3) is 0 Å². The Morgan fingerprint density at radius 3 is 2.06 bits per heavy atom. The van der Waals surface area contributed by atoms with Crippen LogP contribution in [0, 0.1) is 0 Å². The van der Waals surface area contributed by atoms with Crippen molar-refractivity contribution in [3.63, 3.8) is 0 Å². The van der Waals surface area contributed by atoms with E-state index in [1.54, 1.807) is 0 Å². The Morgan fingerprint density at radius 1 is 0.788 bits per heavy atom. The van der Waals surface area contributed by atoms with Gasteiger partial charge >= 0.3 is 0 Å². The highest BCUT2D eigenvalue weighted by atomic mass is 31.1. The second kappa shape index (κ2) is 8.68. The zero-order chi connectivity index (χ0) is 24.0. The van der Waals surface area contributed by atoms with Gasteiger partial charge < -0.3 is 4.74 Å². The van der Waals surface area contributed by atoms with Gasteiger partial charge in [-0.25, -0.2) is 0 Å². The molecule has 1 nitrogen and oxygen atoms in total. The van der Waals surface area contributed by atoms with Gasteiger partial charge in [-0.15, -0.1) is 0 Å². The van der Waals surface area contributed by atoms with E-state index in [4.69, 9.17) is 4.74 Å². The summed E-state index contributed by atoms with van der Waals surface area (Å²) in [5.41, 5.74) is 2.69. The summed E-state index contributed by atoms with van der Waals surface area (Å²) in [6.07, 6.45) is 3.46. The third-order valence-electron chi connectivity index (χ3n) is 6.41. The van der Waals surface area contributed by atoms with E-state index in [1.165, 1.54) is 32.3 Å². The molecule has 0 amide bonds. The van der Waals surface area contributed by atoms with E-state index in [2.05, 4.69) is 128 Å². The van der Waals surface area contributed by atoms with Gasteiger partial charge in [0.15, 0.2) is 0 Å². The van der Waals surface area contributed by atoms with Crippen molar-refractivity contribution >= 4 is 30.3 Å². The molecule has 33 heavy (non-hydrogen) atoms. The fourth-order valence-electron chi connectivity index (χ4n) is 6.10. The Bertz CT molecular complexity index is 1250. The molecule has 3 aromatic carbocycles. The highest BCUT2D eigenvalue weighted by molar-refractivity contribution is 7.63. The first-order valence-corrected chi connectivity index (χ1v) is 13.6. The standard InChI is InChI=1S/C31H39OP/c1-22(2)32-31(33(29(3,4)5)30(6,7)8)21-20-24-15-10-12-18-26(24)28(31)27-19-13-16-23-14-9-11-17-25(23)27/h9-20,22H,21H2,1-8H3. The third kappa shape index (κ3) is 4.43. The van der Waals surface area contributed by atoms with Crippen LogP contribution in [0.2, 0.25) is 0 Å². The van der Waals surface area contributed by atoms with Crippen LogP contribution in [-0.2, 0) is 4.74 Å².